The second-order valence-electron chi connectivity index (χ2n) is 11.9. The summed E-state index contributed by atoms with van der Waals surface area (Å²) in [6, 6.07) is 0. The van der Waals surface area contributed by atoms with Gasteiger partial charge in [0.25, 0.3) is 5.91 Å². The van der Waals surface area contributed by atoms with Crippen LogP contribution in [0.1, 0.15) is 128 Å². The molecule has 13 nitrogen and oxygen atoms in total. The van der Waals surface area contributed by atoms with Crippen LogP contribution in [0.15, 0.2) is 0 Å². The van der Waals surface area contributed by atoms with E-state index in [4.69, 9.17) is 10.2 Å². The van der Waals surface area contributed by atoms with Crippen LogP contribution in [0.25, 0.3) is 0 Å². The Morgan fingerprint density at radius 2 is 0.867 bits per heavy atom. The van der Waals surface area contributed by atoms with E-state index in [0.29, 0.717) is 19.4 Å². The molecule has 9 N–H and O–H groups in total. The fraction of sp³-hybridized carbons (Fsp3) is 0.875. The molecule has 0 aromatic rings. The van der Waals surface area contributed by atoms with Gasteiger partial charge in [-0.15, -0.1) is 0 Å². The van der Waals surface area contributed by atoms with Crippen LogP contribution in [0.4, 0.5) is 0 Å². The molecule has 0 saturated carbocycles. The maximum absolute atomic E-state index is 12.0. The first-order chi connectivity index (χ1) is 21.6. The van der Waals surface area contributed by atoms with Crippen LogP contribution in [-0.2, 0) is 19.2 Å². The Kier molecular flexibility index (Phi) is 27.6. The molecule has 0 aliphatic rings. The van der Waals surface area contributed by atoms with Gasteiger partial charge in [0.05, 0.1) is 6.61 Å². The molecule has 3 amide bonds. The van der Waals surface area contributed by atoms with E-state index in [1.807, 2.05) is 0 Å². The zero-order valence-electron chi connectivity index (χ0n) is 27.1. The molecule has 0 unspecified atom stereocenters. The van der Waals surface area contributed by atoms with Gasteiger partial charge in [0.2, 0.25) is 11.8 Å². The molecule has 0 spiro atoms. The molecular formula is C32H61N3O10. The number of hydrogen-bond acceptors (Lipinski definition) is 9. The van der Waals surface area contributed by atoms with Crippen molar-refractivity contribution in [2.24, 2.45) is 0 Å². The van der Waals surface area contributed by atoms with E-state index in [0.717, 1.165) is 109 Å². The van der Waals surface area contributed by atoms with Crippen LogP contribution in [0.2, 0.25) is 0 Å². The third-order valence-electron chi connectivity index (χ3n) is 7.74. The van der Waals surface area contributed by atoms with Crippen molar-refractivity contribution in [3.8, 4) is 0 Å². The predicted octanol–water partition coefficient (Wildman–Crippen LogP) is 1.66. The van der Waals surface area contributed by atoms with E-state index >= 15 is 0 Å². The molecule has 13 heteroatoms. The maximum atomic E-state index is 12.0. The number of aliphatic hydroxyl groups is 5. The standard InChI is InChI=1S/C32H61N3O10/c36-24-25(37)29(42)30(43)31(44)32(45)34-22-18-14-10-6-2-3-7-11-15-19-26(38)33-21-17-13-9-5-1-4-8-12-16-20-27(39)35-23-28(40)41/h25,29-31,36-37,42-44H,1-24H2,(H,33,38)(H,34,45)(H,35,39)(H,40,41)/t25-,29-,30+,31-/m1/s1. The zero-order valence-corrected chi connectivity index (χ0v) is 27.1. The van der Waals surface area contributed by atoms with E-state index in [1.54, 1.807) is 0 Å². The molecule has 0 aromatic heterocycles. The van der Waals surface area contributed by atoms with E-state index in [2.05, 4.69) is 16.0 Å². The fourth-order valence-electron chi connectivity index (χ4n) is 4.87. The summed E-state index contributed by atoms with van der Waals surface area (Å²) in [6.45, 7) is -0.0612. The van der Waals surface area contributed by atoms with Crippen LogP contribution < -0.4 is 16.0 Å². The van der Waals surface area contributed by atoms with E-state index in [1.165, 1.54) is 12.8 Å². The molecule has 0 saturated heterocycles. The van der Waals surface area contributed by atoms with Gasteiger partial charge in [-0.05, 0) is 25.7 Å². The van der Waals surface area contributed by atoms with Crippen molar-refractivity contribution in [1.82, 2.24) is 16.0 Å². The van der Waals surface area contributed by atoms with Crippen molar-refractivity contribution < 1.29 is 49.8 Å². The highest BCUT2D eigenvalue weighted by molar-refractivity contribution is 5.81. The van der Waals surface area contributed by atoms with E-state index in [9.17, 15) is 39.6 Å². The highest BCUT2D eigenvalue weighted by atomic mass is 16.4. The molecule has 0 aliphatic carbocycles. The number of hydrogen-bond donors (Lipinski definition) is 9. The number of aliphatic carboxylic acids is 1. The Balaban J connectivity index is 3.43. The van der Waals surface area contributed by atoms with Crippen molar-refractivity contribution >= 4 is 23.7 Å². The van der Waals surface area contributed by atoms with Gasteiger partial charge in [0.15, 0.2) is 6.10 Å². The number of carbonyl (C=O) groups is 4. The molecule has 0 fully saturated rings. The molecule has 4 atom stereocenters. The Hall–Kier alpha value is -2.32. The average Bonchev–Trinajstić information content (AvgIpc) is 3.02. The van der Waals surface area contributed by atoms with Crippen LogP contribution in [0.5, 0.6) is 0 Å². The van der Waals surface area contributed by atoms with Gasteiger partial charge in [-0.3, -0.25) is 19.2 Å². The van der Waals surface area contributed by atoms with Gasteiger partial charge in [0.1, 0.15) is 24.9 Å². The summed E-state index contributed by atoms with van der Waals surface area (Å²) in [5.74, 6) is -1.94. The quantitative estimate of drug-likeness (QED) is 0.0495. The third-order valence-corrected chi connectivity index (χ3v) is 7.74. The number of nitrogens with one attached hydrogen (secondary N) is 3. The van der Waals surface area contributed by atoms with Crippen molar-refractivity contribution in [2.45, 2.75) is 153 Å². The number of amides is 3. The second-order valence-corrected chi connectivity index (χ2v) is 11.9. The zero-order chi connectivity index (χ0) is 33.7. The minimum atomic E-state index is -1.90. The van der Waals surface area contributed by atoms with Gasteiger partial charge >= 0.3 is 5.97 Å². The number of carboxylic acids is 1. The summed E-state index contributed by atoms with van der Waals surface area (Å²) >= 11 is 0. The minimum Gasteiger partial charge on any atom is -0.480 e. The monoisotopic (exact) mass is 647 g/mol. The van der Waals surface area contributed by atoms with Crippen LogP contribution >= 0.6 is 0 Å². The van der Waals surface area contributed by atoms with Gasteiger partial charge in [-0.2, -0.15) is 0 Å². The van der Waals surface area contributed by atoms with Gasteiger partial charge in [-0.25, -0.2) is 0 Å². The molecule has 0 radical (unpaired) electrons. The summed E-state index contributed by atoms with van der Waals surface area (Å²) in [7, 11) is 0. The SMILES string of the molecule is O=C(O)CNC(=O)CCCCCCCCCCCNC(=O)CCCCCCCCCCCNC(=O)[C@H](O)[C@@H](O)[C@H](O)[C@H](O)CO. The smallest absolute Gasteiger partial charge is 0.322 e. The Morgan fingerprint density at radius 3 is 1.29 bits per heavy atom. The predicted molar refractivity (Wildman–Crippen MR) is 170 cm³/mol. The number of aliphatic hydroxyl groups excluding tert-OH is 5. The summed E-state index contributed by atoms with van der Waals surface area (Å²) < 4.78 is 0. The average molecular weight is 648 g/mol. The van der Waals surface area contributed by atoms with Gasteiger partial charge in [-0.1, -0.05) is 89.9 Å². The van der Waals surface area contributed by atoms with Gasteiger partial charge < -0.3 is 46.6 Å². The topological polar surface area (TPSA) is 226 Å². The Labute approximate surface area is 268 Å². The Bertz CT molecular complexity index is 786. The lowest BCUT2D eigenvalue weighted by molar-refractivity contribution is -0.148. The summed E-state index contributed by atoms with van der Waals surface area (Å²) in [5, 5.41) is 63.5. The molecule has 0 aliphatic heterocycles. The van der Waals surface area contributed by atoms with Gasteiger partial charge in [0, 0.05) is 25.9 Å². The summed E-state index contributed by atoms with van der Waals surface area (Å²) in [4.78, 5) is 45.7. The van der Waals surface area contributed by atoms with Crippen molar-refractivity contribution in [3.05, 3.63) is 0 Å². The number of rotatable bonds is 31. The molecule has 0 bridgehead atoms. The molecular weight excluding hydrogens is 586 g/mol. The molecule has 264 valence electrons. The molecule has 0 aromatic carbocycles. The molecule has 0 rings (SSSR count). The molecule has 0 heterocycles. The first-order valence-corrected chi connectivity index (χ1v) is 17.0. The van der Waals surface area contributed by atoms with Crippen molar-refractivity contribution in [1.29, 1.82) is 0 Å². The lowest BCUT2D eigenvalue weighted by atomic mass is 10.0. The highest BCUT2D eigenvalue weighted by Gasteiger charge is 2.33. The number of carboxylic acid groups (broad SMARTS) is 1. The second kappa shape index (κ2) is 29.1. The van der Waals surface area contributed by atoms with Crippen LogP contribution in [0.3, 0.4) is 0 Å². The largest absolute Gasteiger partial charge is 0.480 e. The van der Waals surface area contributed by atoms with Crippen molar-refractivity contribution in [3.63, 3.8) is 0 Å². The first-order valence-electron chi connectivity index (χ1n) is 17.0. The summed E-state index contributed by atoms with van der Waals surface area (Å²) in [6.07, 6.45) is 12.3. The first kappa shape index (κ1) is 42.7. The van der Waals surface area contributed by atoms with Crippen LogP contribution in [0, 0.1) is 0 Å². The van der Waals surface area contributed by atoms with Crippen molar-refractivity contribution in [2.75, 3.05) is 26.2 Å². The molecule has 45 heavy (non-hydrogen) atoms. The van der Waals surface area contributed by atoms with E-state index < -0.39 is 42.9 Å². The lowest BCUT2D eigenvalue weighted by Gasteiger charge is -2.24. The number of unbranched alkanes of at least 4 members (excludes halogenated alkanes) is 16. The third kappa shape index (κ3) is 25.6. The maximum Gasteiger partial charge on any atom is 0.322 e. The van der Waals surface area contributed by atoms with Crippen LogP contribution in [-0.4, -0.2) is 105 Å². The number of carbonyl (C=O) groups excluding carboxylic acids is 3. The Morgan fingerprint density at radius 1 is 0.489 bits per heavy atom. The highest BCUT2D eigenvalue weighted by Crippen LogP contribution is 2.12. The fourth-order valence-corrected chi connectivity index (χ4v) is 4.87. The summed E-state index contributed by atoms with van der Waals surface area (Å²) in [5.41, 5.74) is 0. The minimum absolute atomic E-state index is 0.125. The lowest BCUT2D eigenvalue weighted by Crippen LogP contribution is -2.51. The van der Waals surface area contributed by atoms with E-state index in [-0.39, 0.29) is 18.4 Å². The normalized spacial score (nSPS) is 13.9.